The number of carbonyl (C=O) groups excluding carboxylic acids is 2. The number of piperidine rings is 1. The summed E-state index contributed by atoms with van der Waals surface area (Å²) >= 11 is 3.46. The van der Waals surface area contributed by atoms with Crippen LogP contribution in [0.25, 0.3) is 0 Å². The van der Waals surface area contributed by atoms with Gasteiger partial charge in [0.15, 0.2) is 0 Å². The molecule has 2 heterocycles. The van der Waals surface area contributed by atoms with E-state index in [2.05, 4.69) is 21.2 Å². The lowest BCUT2D eigenvalue weighted by Crippen LogP contribution is -2.49. The van der Waals surface area contributed by atoms with E-state index < -0.39 is 0 Å². The van der Waals surface area contributed by atoms with Crippen LogP contribution in [0.15, 0.2) is 53.0 Å². The van der Waals surface area contributed by atoms with Crippen LogP contribution < -0.4 is 5.32 Å². The highest BCUT2D eigenvalue weighted by molar-refractivity contribution is 9.10. The summed E-state index contributed by atoms with van der Waals surface area (Å²) in [6, 6.07) is 15.8. The number of halogens is 1. The predicted octanol–water partition coefficient (Wildman–Crippen LogP) is 4.64. The van der Waals surface area contributed by atoms with Crippen LogP contribution in [0.4, 0.5) is 10.5 Å². The largest absolute Gasteiger partial charge is 0.450 e. The summed E-state index contributed by atoms with van der Waals surface area (Å²) in [7, 11) is 0. The molecule has 1 atom stereocenters. The SMILES string of the molecule is CCOC(=O)N1CCC(N2C(=O)c3ccccc3C2Nc2ccc(Br)cc2)CC1. The summed E-state index contributed by atoms with van der Waals surface area (Å²) < 4.78 is 6.12. The van der Waals surface area contributed by atoms with Gasteiger partial charge in [0.05, 0.1) is 6.61 Å². The number of ether oxygens (including phenoxy) is 1. The fourth-order valence-electron chi connectivity index (χ4n) is 4.11. The molecule has 1 saturated heterocycles. The monoisotopic (exact) mass is 457 g/mol. The second-order valence-corrected chi connectivity index (χ2v) is 8.19. The topological polar surface area (TPSA) is 61.9 Å². The first-order valence-corrected chi connectivity index (χ1v) is 10.7. The lowest BCUT2D eigenvalue weighted by molar-refractivity contribution is 0.0496. The molecule has 7 heteroatoms. The molecule has 1 N–H and O–H groups in total. The Morgan fingerprint density at radius 3 is 2.52 bits per heavy atom. The van der Waals surface area contributed by atoms with Crippen LogP contribution in [0.5, 0.6) is 0 Å². The molecule has 0 aromatic heterocycles. The third-order valence-electron chi connectivity index (χ3n) is 5.53. The third-order valence-corrected chi connectivity index (χ3v) is 6.06. The number of benzene rings is 2. The third kappa shape index (κ3) is 3.96. The van der Waals surface area contributed by atoms with Crippen LogP contribution >= 0.6 is 15.9 Å². The zero-order chi connectivity index (χ0) is 20.4. The maximum Gasteiger partial charge on any atom is 0.409 e. The first-order chi connectivity index (χ1) is 14.1. The number of hydrogen-bond donors (Lipinski definition) is 1. The number of likely N-dealkylation sites (tertiary alicyclic amines) is 1. The van der Waals surface area contributed by atoms with Crippen molar-refractivity contribution < 1.29 is 14.3 Å². The Morgan fingerprint density at radius 2 is 1.83 bits per heavy atom. The summed E-state index contributed by atoms with van der Waals surface area (Å²) in [4.78, 5) is 28.9. The molecule has 2 amide bonds. The number of nitrogens with one attached hydrogen (secondary N) is 1. The average molecular weight is 458 g/mol. The zero-order valence-corrected chi connectivity index (χ0v) is 17.9. The molecule has 1 fully saturated rings. The van der Waals surface area contributed by atoms with Crippen LogP contribution in [-0.4, -0.2) is 47.5 Å². The molecule has 0 bridgehead atoms. The van der Waals surface area contributed by atoms with Crippen molar-refractivity contribution >= 4 is 33.6 Å². The van der Waals surface area contributed by atoms with Gasteiger partial charge in [-0.15, -0.1) is 0 Å². The van der Waals surface area contributed by atoms with E-state index in [1.165, 1.54) is 0 Å². The summed E-state index contributed by atoms with van der Waals surface area (Å²) in [5.74, 6) is 0.0461. The lowest BCUT2D eigenvalue weighted by Gasteiger charge is -2.39. The lowest BCUT2D eigenvalue weighted by atomic mass is 10.0. The Kier molecular flexibility index (Phi) is 5.76. The van der Waals surface area contributed by atoms with Crippen molar-refractivity contribution in [2.24, 2.45) is 0 Å². The molecule has 2 aromatic rings. The molecule has 4 rings (SSSR count). The molecule has 29 heavy (non-hydrogen) atoms. The summed E-state index contributed by atoms with van der Waals surface area (Å²) in [6.45, 7) is 3.37. The van der Waals surface area contributed by atoms with Crippen molar-refractivity contribution in [2.75, 3.05) is 25.0 Å². The standard InChI is InChI=1S/C22H24BrN3O3/c1-2-29-22(28)25-13-11-17(12-14-25)26-20(24-16-9-7-15(23)8-10-16)18-5-3-4-6-19(18)21(26)27/h3-10,17,20,24H,2,11-14H2,1H3. The van der Waals surface area contributed by atoms with Crippen molar-refractivity contribution in [1.29, 1.82) is 0 Å². The van der Waals surface area contributed by atoms with Crippen molar-refractivity contribution in [3.63, 3.8) is 0 Å². The van der Waals surface area contributed by atoms with Crippen LogP contribution in [0.2, 0.25) is 0 Å². The fourth-order valence-corrected chi connectivity index (χ4v) is 4.37. The van der Waals surface area contributed by atoms with Crippen molar-refractivity contribution in [3.05, 3.63) is 64.1 Å². The molecule has 1 unspecified atom stereocenters. The molecule has 0 radical (unpaired) electrons. The summed E-state index contributed by atoms with van der Waals surface area (Å²) in [5, 5.41) is 3.54. The number of rotatable bonds is 4. The van der Waals surface area contributed by atoms with Crippen molar-refractivity contribution in [3.8, 4) is 0 Å². The smallest absolute Gasteiger partial charge is 0.409 e. The molecular weight excluding hydrogens is 434 g/mol. The Balaban J connectivity index is 1.55. The molecule has 0 saturated carbocycles. The summed E-state index contributed by atoms with van der Waals surface area (Å²) in [6.07, 6.45) is 0.972. The molecule has 0 aliphatic carbocycles. The molecule has 2 aromatic carbocycles. The van der Waals surface area contributed by atoms with Gasteiger partial charge in [-0.2, -0.15) is 0 Å². The summed E-state index contributed by atoms with van der Waals surface area (Å²) in [5.41, 5.74) is 2.69. The Morgan fingerprint density at radius 1 is 1.14 bits per heavy atom. The minimum absolute atomic E-state index is 0.0461. The van der Waals surface area contributed by atoms with E-state index >= 15 is 0 Å². The van der Waals surface area contributed by atoms with Gasteiger partial charge in [-0.1, -0.05) is 34.1 Å². The highest BCUT2D eigenvalue weighted by Crippen LogP contribution is 2.38. The first kappa shape index (κ1) is 19.8. The number of nitrogens with zero attached hydrogens (tertiary/aromatic N) is 2. The van der Waals surface area contributed by atoms with Gasteiger partial charge in [-0.05, 0) is 50.1 Å². The molecule has 152 valence electrons. The van der Waals surface area contributed by atoms with Crippen LogP contribution in [0.3, 0.4) is 0 Å². The first-order valence-electron chi connectivity index (χ1n) is 9.94. The van der Waals surface area contributed by atoms with Gasteiger partial charge < -0.3 is 19.9 Å². The van der Waals surface area contributed by atoms with Gasteiger partial charge in [0, 0.05) is 40.4 Å². The minimum atomic E-state index is -0.272. The van der Waals surface area contributed by atoms with E-state index in [1.807, 2.05) is 60.4 Å². The number of anilines is 1. The Hall–Kier alpha value is -2.54. The molecule has 0 spiro atoms. The predicted molar refractivity (Wildman–Crippen MR) is 115 cm³/mol. The average Bonchev–Trinajstić information content (AvgIpc) is 3.02. The van der Waals surface area contributed by atoms with Crippen molar-refractivity contribution in [2.45, 2.75) is 32.0 Å². The quantitative estimate of drug-likeness (QED) is 0.726. The second kappa shape index (κ2) is 8.45. The Bertz CT molecular complexity index is 894. The maximum absolute atomic E-state index is 13.2. The molecule has 2 aliphatic heterocycles. The van der Waals surface area contributed by atoms with E-state index in [4.69, 9.17) is 4.74 Å². The fraction of sp³-hybridized carbons (Fsp3) is 0.364. The van der Waals surface area contributed by atoms with E-state index in [9.17, 15) is 9.59 Å². The number of amides is 2. The number of fused-ring (bicyclic) bond motifs is 1. The van der Waals surface area contributed by atoms with Gasteiger partial charge in [0.1, 0.15) is 6.17 Å². The number of hydrogen-bond acceptors (Lipinski definition) is 4. The molecule has 2 aliphatic rings. The van der Waals surface area contributed by atoms with Gasteiger partial charge in [0.2, 0.25) is 0 Å². The minimum Gasteiger partial charge on any atom is -0.450 e. The second-order valence-electron chi connectivity index (χ2n) is 7.27. The van der Waals surface area contributed by atoms with Gasteiger partial charge in [0.25, 0.3) is 5.91 Å². The number of carbonyl (C=O) groups is 2. The molecular formula is C22H24BrN3O3. The van der Waals surface area contributed by atoms with Crippen LogP contribution in [0, 0.1) is 0 Å². The normalized spacial score (nSPS) is 19.2. The van der Waals surface area contributed by atoms with E-state index in [0.29, 0.717) is 19.7 Å². The van der Waals surface area contributed by atoms with E-state index in [0.717, 1.165) is 34.1 Å². The van der Waals surface area contributed by atoms with Gasteiger partial charge in [-0.25, -0.2) is 4.79 Å². The van der Waals surface area contributed by atoms with Crippen LogP contribution in [-0.2, 0) is 4.74 Å². The van der Waals surface area contributed by atoms with Crippen LogP contribution in [0.1, 0.15) is 41.9 Å². The van der Waals surface area contributed by atoms with Gasteiger partial charge in [-0.3, -0.25) is 4.79 Å². The Labute approximate surface area is 178 Å². The highest BCUT2D eigenvalue weighted by atomic mass is 79.9. The molecule has 6 nitrogen and oxygen atoms in total. The van der Waals surface area contributed by atoms with Crippen molar-refractivity contribution in [1.82, 2.24) is 9.80 Å². The van der Waals surface area contributed by atoms with E-state index in [1.54, 1.807) is 4.90 Å². The van der Waals surface area contributed by atoms with E-state index in [-0.39, 0.29) is 24.2 Å². The maximum atomic E-state index is 13.2. The zero-order valence-electron chi connectivity index (χ0n) is 16.3. The highest BCUT2D eigenvalue weighted by Gasteiger charge is 2.42. The van der Waals surface area contributed by atoms with Gasteiger partial charge >= 0.3 is 6.09 Å².